The highest BCUT2D eigenvalue weighted by Crippen LogP contribution is 2.49. The Labute approximate surface area is 124 Å². The lowest BCUT2D eigenvalue weighted by Crippen LogP contribution is -2.37. The van der Waals surface area contributed by atoms with Crippen LogP contribution in [0.15, 0.2) is 0 Å². The van der Waals surface area contributed by atoms with Gasteiger partial charge in [0.2, 0.25) is 3.79 Å². The molecule has 1 aromatic rings. The van der Waals surface area contributed by atoms with Crippen molar-refractivity contribution in [3.8, 4) is 0 Å². The molecule has 0 aliphatic rings. The van der Waals surface area contributed by atoms with Gasteiger partial charge in [0.25, 0.3) is 4.46 Å². The predicted molar refractivity (Wildman–Crippen MR) is 70.9 cm³/mol. The smallest absolute Gasteiger partial charge is 0.189 e. The van der Waals surface area contributed by atoms with Gasteiger partial charge in [0.05, 0.1) is 0 Å². The average Bonchev–Trinajstić information content (AvgIpc) is 2.46. The summed E-state index contributed by atoms with van der Waals surface area (Å²) in [5.41, 5.74) is -0.0517. The SMILES string of the molecule is CC(C)(C)Cc1nnnn1C(Cl)(Cl)C(Cl)(Cl)Cl. The van der Waals surface area contributed by atoms with Gasteiger partial charge in [-0.25, -0.2) is 0 Å². The lowest BCUT2D eigenvalue weighted by Gasteiger charge is -2.28. The molecule has 0 bridgehead atoms. The number of alkyl halides is 5. The molecule has 0 radical (unpaired) electrons. The van der Waals surface area contributed by atoms with E-state index in [0.29, 0.717) is 12.2 Å². The summed E-state index contributed by atoms with van der Waals surface area (Å²) in [5, 5.41) is 11.0. The highest BCUT2D eigenvalue weighted by atomic mass is 35.6. The largest absolute Gasteiger partial charge is 0.259 e. The average molecular weight is 340 g/mol. The van der Waals surface area contributed by atoms with Crippen molar-refractivity contribution < 1.29 is 0 Å². The van der Waals surface area contributed by atoms with E-state index < -0.39 is 8.25 Å². The molecule has 98 valence electrons. The number of tetrazole rings is 1. The van der Waals surface area contributed by atoms with Crippen LogP contribution in [-0.4, -0.2) is 24.0 Å². The number of halogens is 5. The summed E-state index contributed by atoms with van der Waals surface area (Å²) in [6.07, 6.45) is 0.544. The number of aromatic nitrogens is 4. The molecule has 0 unspecified atom stereocenters. The molecule has 0 N–H and O–H groups in total. The number of hydrogen-bond acceptors (Lipinski definition) is 3. The van der Waals surface area contributed by atoms with Crippen LogP contribution in [0.1, 0.15) is 26.6 Å². The fourth-order valence-electron chi connectivity index (χ4n) is 1.13. The molecule has 0 saturated carbocycles. The van der Waals surface area contributed by atoms with Crippen LogP contribution in [-0.2, 0) is 10.9 Å². The first-order valence-electron chi connectivity index (χ1n) is 4.67. The summed E-state index contributed by atoms with van der Waals surface area (Å²) >= 11 is 29.1. The molecule has 4 nitrogen and oxygen atoms in total. The Balaban J connectivity index is 3.13. The highest BCUT2D eigenvalue weighted by molar-refractivity contribution is 6.74. The quantitative estimate of drug-likeness (QED) is 0.771. The molecule has 0 amide bonds. The second-order valence-corrected chi connectivity index (χ2v) is 8.35. The van der Waals surface area contributed by atoms with Crippen molar-refractivity contribution in [1.82, 2.24) is 20.2 Å². The first kappa shape index (κ1) is 15.6. The number of hydrogen-bond donors (Lipinski definition) is 0. The van der Waals surface area contributed by atoms with E-state index in [2.05, 4.69) is 15.5 Å². The van der Waals surface area contributed by atoms with Crippen molar-refractivity contribution in [3.63, 3.8) is 0 Å². The summed E-state index contributed by atoms with van der Waals surface area (Å²) in [4.78, 5) is 0. The van der Waals surface area contributed by atoms with Gasteiger partial charge in [0.1, 0.15) is 0 Å². The Morgan fingerprint density at radius 2 is 1.59 bits per heavy atom. The molecule has 1 aromatic heterocycles. The van der Waals surface area contributed by atoms with Gasteiger partial charge in [-0.05, 0) is 15.8 Å². The molecule has 1 rings (SSSR count). The van der Waals surface area contributed by atoms with Crippen molar-refractivity contribution in [2.75, 3.05) is 0 Å². The monoisotopic (exact) mass is 338 g/mol. The van der Waals surface area contributed by atoms with E-state index in [1.165, 1.54) is 0 Å². The van der Waals surface area contributed by atoms with E-state index in [0.717, 1.165) is 4.68 Å². The van der Waals surface area contributed by atoms with Crippen LogP contribution in [0, 0.1) is 5.41 Å². The van der Waals surface area contributed by atoms with Crippen LogP contribution in [0.25, 0.3) is 0 Å². The second kappa shape index (κ2) is 4.89. The minimum absolute atomic E-state index is 0.0517. The fraction of sp³-hybridized carbons (Fsp3) is 0.875. The summed E-state index contributed by atoms with van der Waals surface area (Å²) in [6, 6.07) is 0. The van der Waals surface area contributed by atoms with Gasteiger partial charge in [-0.3, -0.25) is 0 Å². The van der Waals surface area contributed by atoms with Crippen LogP contribution in [0.4, 0.5) is 0 Å². The maximum absolute atomic E-state index is 6.00. The van der Waals surface area contributed by atoms with Crippen LogP contribution in [0.3, 0.4) is 0 Å². The van der Waals surface area contributed by atoms with Crippen molar-refractivity contribution in [2.24, 2.45) is 5.41 Å². The zero-order valence-electron chi connectivity index (χ0n) is 9.39. The Morgan fingerprint density at radius 3 is 2.00 bits per heavy atom. The standard InChI is InChI=1S/C8H11Cl5N4/c1-6(2,3)4-5-14-15-16-17(5)8(12,13)7(9,10)11/h4H2,1-3H3. The zero-order chi connectivity index (χ0) is 13.5. The van der Waals surface area contributed by atoms with Crippen LogP contribution >= 0.6 is 58.0 Å². The number of rotatable bonds is 2. The zero-order valence-corrected chi connectivity index (χ0v) is 13.2. The van der Waals surface area contributed by atoms with Crippen LogP contribution in [0.5, 0.6) is 0 Å². The topological polar surface area (TPSA) is 43.6 Å². The first-order chi connectivity index (χ1) is 7.45. The molecule has 0 aliphatic heterocycles. The van der Waals surface area contributed by atoms with Crippen LogP contribution < -0.4 is 0 Å². The molecule has 17 heavy (non-hydrogen) atoms. The normalized spacial score (nSPS) is 14.1. The molecule has 0 fully saturated rings. The summed E-state index contributed by atoms with van der Waals surface area (Å²) in [6.45, 7) is 6.06. The van der Waals surface area contributed by atoms with E-state index in [-0.39, 0.29) is 5.41 Å². The molecule has 0 saturated heterocycles. The maximum atomic E-state index is 6.00. The molecule has 0 atom stereocenters. The molecule has 9 heteroatoms. The van der Waals surface area contributed by atoms with Gasteiger partial charge in [0.15, 0.2) is 5.82 Å². The Hall–Kier alpha value is 0.520. The Morgan fingerprint density at radius 1 is 1.06 bits per heavy atom. The summed E-state index contributed by atoms with van der Waals surface area (Å²) in [5.74, 6) is 0.453. The molecule has 0 aliphatic carbocycles. The van der Waals surface area contributed by atoms with Crippen molar-refractivity contribution in [1.29, 1.82) is 0 Å². The molecule has 0 spiro atoms. The van der Waals surface area contributed by atoms with Gasteiger partial charge in [-0.1, -0.05) is 78.8 Å². The third-order valence-corrected chi connectivity index (χ3v) is 4.12. The van der Waals surface area contributed by atoms with Crippen molar-refractivity contribution in [2.45, 2.75) is 35.4 Å². The predicted octanol–water partition coefficient (Wildman–Crippen LogP) is 3.72. The molecular formula is C8H11Cl5N4. The lowest BCUT2D eigenvalue weighted by molar-refractivity contribution is 0.378. The van der Waals surface area contributed by atoms with Crippen molar-refractivity contribution in [3.05, 3.63) is 5.82 Å². The van der Waals surface area contributed by atoms with E-state index in [9.17, 15) is 0 Å². The van der Waals surface area contributed by atoms with E-state index in [4.69, 9.17) is 58.0 Å². The van der Waals surface area contributed by atoms with Gasteiger partial charge in [-0.15, -0.1) is 5.10 Å². The Kier molecular flexibility index (Phi) is 4.48. The minimum Gasteiger partial charge on any atom is -0.189 e. The third kappa shape index (κ3) is 3.74. The van der Waals surface area contributed by atoms with Gasteiger partial charge in [-0.2, -0.15) is 4.68 Å². The summed E-state index contributed by atoms with van der Waals surface area (Å²) < 4.78 is -2.69. The van der Waals surface area contributed by atoms with E-state index >= 15 is 0 Å². The van der Waals surface area contributed by atoms with Crippen LogP contribution in [0.2, 0.25) is 0 Å². The summed E-state index contributed by atoms with van der Waals surface area (Å²) in [7, 11) is 0. The highest BCUT2D eigenvalue weighted by Gasteiger charge is 2.50. The second-order valence-electron chi connectivity index (χ2n) is 4.78. The minimum atomic E-state index is -1.95. The van der Waals surface area contributed by atoms with E-state index in [1.807, 2.05) is 20.8 Å². The lowest BCUT2D eigenvalue weighted by atomic mass is 9.92. The maximum Gasteiger partial charge on any atom is 0.259 e. The molecule has 0 aromatic carbocycles. The fourth-order valence-corrected chi connectivity index (χ4v) is 1.63. The van der Waals surface area contributed by atoms with E-state index in [1.54, 1.807) is 0 Å². The van der Waals surface area contributed by atoms with Gasteiger partial charge < -0.3 is 0 Å². The van der Waals surface area contributed by atoms with Crippen molar-refractivity contribution >= 4 is 58.0 Å². The van der Waals surface area contributed by atoms with Gasteiger partial charge >= 0.3 is 0 Å². The molecule has 1 heterocycles. The Bertz CT molecular complexity index is 389. The van der Waals surface area contributed by atoms with Gasteiger partial charge in [0, 0.05) is 6.42 Å². The third-order valence-electron chi connectivity index (χ3n) is 1.83. The first-order valence-corrected chi connectivity index (χ1v) is 6.56. The molecular weight excluding hydrogens is 329 g/mol. The number of nitrogens with zero attached hydrogens (tertiary/aromatic N) is 4.